The van der Waals surface area contributed by atoms with Crippen LogP contribution in [0, 0.1) is 11.3 Å². The van der Waals surface area contributed by atoms with Crippen LogP contribution in [0.3, 0.4) is 0 Å². The molecule has 150 valence electrons. The van der Waals surface area contributed by atoms with Gasteiger partial charge in [0.1, 0.15) is 0 Å². The summed E-state index contributed by atoms with van der Waals surface area (Å²) in [6.07, 6.45) is 18.9. The highest BCUT2D eigenvalue weighted by Gasteiger charge is 2.34. The van der Waals surface area contributed by atoms with Crippen molar-refractivity contribution < 1.29 is 0 Å². The highest BCUT2D eigenvalue weighted by molar-refractivity contribution is 5.85. The van der Waals surface area contributed by atoms with Crippen LogP contribution in [0.4, 0.5) is 0 Å². The van der Waals surface area contributed by atoms with E-state index in [1.165, 1.54) is 26.8 Å². The van der Waals surface area contributed by atoms with Crippen LogP contribution >= 0.6 is 0 Å². The summed E-state index contributed by atoms with van der Waals surface area (Å²) in [5.74, 6) is 0.423. The Balaban J connectivity index is 2.29. The molecule has 3 rings (SSSR count). The summed E-state index contributed by atoms with van der Waals surface area (Å²) < 4.78 is 0. The highest BCUT2D eigenvalue weighted by Crippen LogP contribution is 2.43. The SMILES string of the molecule is C=C(/C=C\C=C/C)C1=c2cc3ccccc3cc2=CCC1C(C)(C=CCC)CC. The molecule has 2 atom stereocenters. The second kappa shape index (κ2) is 9.27. The van der Waals surface area contributed by atoms with E-state index in [9.17, 15) is 0 Å². The maximum atomic E-state index is 4.51. The van der Waals surface area contributed by atoms with Crippen LogP contribution in [-0.2, 0) is 0 Å². The largest absolute Gasteiger partial charge is 0.0915 e. The normalized spacial score (nSPS) is 19.0. The van der Waals surface area contributed by atoms with Crippen molar-refractivity contribution in [2.75, 3.05) is 0 Å². The zero-order valence-electron chi connectivity index (χ0n) is 18.4. The Morgan fingerprint density at radius 2 is 1.86 bits per heavy atom. The van der Waals surface area contributed by atoms with Gasteiger partial charge in [-0.05, 0) is 82.0 Å². The fraction of sp³-hybridized carbons (Fsp3) is 0.310. The van der Waals surface area contributed by atoms with E-state index in [0.717, 1.165) is 24.8 Å². The van der Waals surface area contributed by atoms with Crippen LogP contribution in [0.15, 0.2) is 85.0 Å². The van der Waals surface area contributed by atoms with E-state index in [2.05, 4.69) is 106 Å². The molecule has 0 amide bonds. The molecule has 29 heavy (non-hydrogen) atoms. The maximum absolute atomic E-state index is 4.51. The van der Waals surface area contributed by atoms with Crippen LogP contribution in [0.2, 0.25) is 0 Å². The average Bonchev–Trinajstić information content (AvgIpc) is 2.75. The predicted molar refractivity (Wildman–Crippen MR) is 130 cm³/mol. The molecule has 2 unspecified atom stereocenters. The number of hydrogen-bond acceptors (Lipinski definition) is 0. The summed E-state index contributed by atoms with van der Waals surface area (Å²) in [6.45, 7) is 13.5. The minimum absolute atomic E-state index is 0.114. The van der Waals surface area contributed by atoms with E-state index < -0.39 is 0 Å². The molecule has 0 aliphatic heterocycles. The van der Waals surface area contributed by atoms with Gasteiger partial charge in [-0.1, -0.05) is 94.1 Å². The Hall–Kier alpha value is -2.60. The molecule has 0 saturated carbocycles. The molecule has 0 aromatic heterocycles. The molecule has 0 spiro atoms. The number of allylic oxidation sites excluding steroid dienone is 7. The second-order valence-corrected chi connectivity index (χ2v) is 8.27. The van der Waals surface area contributed by atoms with Crippen molar-refractivity contribution in [3.05, 3.63) is 95.4 Å². The van der Waals surface area contributed by atoms with Gasteiger partial charge in [0.15, 0.2) is 0 Å². The van der Waals surface area contributed by atoms with Gasteiger partial charge in [0, 0.05) is 0 Å². The second-order valence-electron chi connectivity index (χ2n) is 8.27. The third kappa shape index (κ3) is 4.37. The summed E-state index contributed by atoms with van der Waals surface area (Å²) in [4.78, 5) is 0. The van der Waals surface area contributed by atoms with E-state index in [1.54, 1.807) is 0 Å². The molecule has 2 aromatic rings. The first-order valence-corrected chi connectivity index (χ1v) is 10.9. The number of hydrogen-bond donors (Lipinski definition) is 0. The van der Waals surface area contributed by atoms with Crippen molar-refractivity contribution in [1.82, 2.24) is 0 Å². The van der Waals surface area contributed by atoms with Crippen molar-refractivity contribution in [3.8, 4) is 0 Å². The molecule has 0 fully saturated rings. The van der Waals surface area contributed by atoms with Gasteiger partial charge in [-0.25, -0.2) is 0 Å². The zero-order valence-corrected chi connectivity index (χ0v) is 18.4. The first-order chi connectivity index (χ1) is 14.0. The van der Waals surface area contributed by atoms with Gasteiger partial charge in [-0.3, -0.25) is 0 Å². The van der Waals surface area contributed by atoms with E-state index >= 15 is 0 Å². The van der Waals surface area contributed by atoms with Crippen LogP contribution in [0.5, 0.6) is 0 Å². The van der Waals surface area contributed by atoms with Crippen LogP contribution in [-0.4, -0.2) is 0 Å². The molecule has 0 heterocycles. The quantitative estimate of drug-likeness (QED) is 0.362. The lowest BCUT2D eigenvalue weighted by Gasteiger charge is -2.38. The Labute approximate surface area is 176 Å². The fourth-order valence-corrected chi connectivity index (χ4v) is 4.45. The average molecular weight is 383 g/mol. The first-order valence-electron chi connectivity index (χ1n) is 10.9. The van der Waals surface area contributed by atoms with Gasteiger partial charge < -0.3 is 0 Å². The number of benzene rings is 2. The van der Waals surface area contributed by atoms with Crippen LogP contribution in [0.25, 0.3) is 22.4 Å². The third-order valence-electron chi connectivity index (χ3n) is 6.37. The molecule has 0 N–H and O–H groups in total. The molecule has 0 nitrogen and oxygen atoms in total. The Morgan fingerprint density at radius 1 is 1.14 bits per heavy atom. The maximum Gasteiger partial charge on any atom is -0.00267 e. The Bertz CT molecular complexity index is 1090. The molecule has 1 aliphatic rings. The van der Waals surface area contributed by atoms with Crippen molar-refractivity contribution in [1.29, 1.82) is 0 Å². The Kier molecular flexibility index (Phi) is 6.75. The lowest BCUT2D eigenvalue weighted by atomic mass is 9.66. The first kappa shape index (κ1) is 21.1. The standard InChI is InChI=1S/C29H34/c1-6-9-11-14-22(4)28-26-21-24-16-13-12-15-23(24)20-25(26)17-18-27(28)29(5,8-3)19-10-7-2/h6,9-17,19-21,27H,4,7-8,18H2,1-3,5H3/b9-6-,14-11-,19-10?. The van der Waals surface area contributed by atoms with Crippen LogP contribution < -0.4 is 10.4 Å². The molecular formula is C29H34. The third-order valence-corrected chi connectivity index (χ3v) is 6.37. The van der Waals surface area contributed by atoms with E-state index in [4.69, 9.17) is 0 Å². The molecule has 0 radical (unpaired) electrons. The molecule has 1 aliphatic carbocycles. The smallest absolute Gasteiger partial charge is 0.00267 e. The summed E-state index contributed by atoms with van der Waals surface area (Å²) in [7, 11) is 0. The Morgan fingerprint density at radius 3 is 2.52 bits per heavy atom. The summed E-state index contributed by atoms with van der Waals surface area (Å²) in [5, 5.41) is 5.29. The number of fused-ring (bicyclic) bond motifs is 2. The molecule has 0 bridgehead atoms. The summed E-state index contributed by atoms with van der Waals surface area (Å²) in [6, 6.07) is 13.4. The van der Waals surface area contributed by atoms with Crippen LogP contribution in [0.1, 0.15) is 47.0 Å². The van der Waals surface area contributed by atoms with Crippen molar-refractivity contribution in [2.24, 2.45) is 11.3 Å². The number of rotatable bonds is 7. The lowest BCUT2D eigenvalue weighted by Crippen LogP contribution is -2.38. The van der Waals surface area contributed by atoms with Gasteiger partial charge in [0.25, 0.3) is 0 Å². The molecule has 2 aromatic carbocycles. The minimum atomic E-state index is 0.114. The fourth-order valence-electron chi connectivity index (χ4n) is 4.45. The lowest BCUT2D eigenvalue weighted by molar-refractivity contribution is 0.309. The zero-order chi connectivity index (χ0) is 20.9. The monoisotopic (exact) mass is 382 g/mol. The van der Waals surface area contributed by atoms with Gasteiger partial charge >= 0.3 is 0 Å². The van der Waals surface area contributed by atoms with Gasteiger partial charge in [0.2, 0.25) is 0 Å². The van der Waals surface area contributed by atoms with E-state index in [1.807, 2.05) is 6.92 Å². The predicted octanol–water partition coefficient (Wildman–Crippen LogP) is 6.86. The van der Waals surface area contributed by atoms with Gasteiger partial charge in [-0.15, -0.1) is 0 Å². The van der Waals surface area contributed by atoms with E-state index in [0.29, 0.717) is 5.92 Å². The highest BCUT2D eigenvalue weighted by atomic mass is 14.4. The van der Waals surface area contributed by atoms with Crippen molar-refractivity contribution in [2.45, 2.75) is 47.0 Å². The van der Waals surface area contributed by atoms with E-state index in [-0.39, 0.29) is 5.41 Å². The van der Waals surface area contributed by atoms with Crippen molar-refractivity contribution >= 4 is 22.4 Å². The minimum Gasteiger partial charge on any atom is -0.0915 e. The summed E-state index contributed by atoms with van der Waals surface area (Å²) in [5.41, 5.74) is 2.64. The topological polar surface area (TPSA) is 0 Å². The molecule has 0 heteroatoms. The van der Waals surface area contributed by atoms with Gasteiger partial charge in [0.05, 0.1) is 0 Å². The summed E-state index contributed by atoms with van der Waals surface area (Å²) >= 11 is 0. The molecule has 0 saturated heterocycles. The molecular weight excluding hydrogens is 348 g/mol. The van der Waals surface area contributed by atoms with Gasteiger partial charge in [-0.2, -0.15) is 0 Å². The van der Waals surface area contributed by atoms with Crippen molar-refractivity contribution in [3.63, 3.8) is 0 Å².